The first-order chi connectivity index (χ1) is 8.15. The van der Waals surface area contributed by atoms with E-state index in [1.165, 1.54) is 10.9 Å². The topological polar surface area (TPSA) is 101 Å². The molecule has 0 unspecified atom stereocenters. The van der Waals surface area contributed by atoms with E-state index < -0.39 is 22.0 Å². The highest BCUT2D eigenvalue weighted by molar-refractivity contribution is 7.89. The van der Waals surface area contributed by atoms with E-state index in [1.807, 2.05) is 0 Å². The van der Waals surface area contributed by atoms with Gasteiger partial charge in [0.15, 0.2) is 0 Å². The summed E-state index contributed by atoms with van der Waals surface area (Å²) in [5, 5.41) is 12.9. The fraction of sp³-hybridized carbons (Fsp3) is 0.600. The molecule has 0 aromatic carbocycles. The predicted octanol–water partition coefficient (Wildman–Crippen LogP) is 0.116. The smallest absolute Gasteiger partial charge is 0.322 e. The van der Waals surface area contributed by atoms with Crippen LogP contribution < -0.4 is 4.72 Å². The number of aryl methyl sites for hydroxylation is 2. The number of hydrogen-bond donors (Lipinski definition) is 2. The summed E-state index contributed by atoms with van der Waals surface area (Å²) in [6.07, 6.45) is 1.34. The molecule has 0 saturated heterocycles. The summed E-state index contributed by atoms with van der Waals surface area (Å²) in [7, 11) is -2.27. The highest BCUT2D eigenvalue weighted by atomic mass is 32.2. The quantitative estimate of drug-likeness (QED) is 0.794. The zero-order valence-electron chi connectivity index (χ0n) is 10.7. The first-order valence-electron chi connectivity index (χ1n) is 5.40. The van der Waals surface area contributed by atoms with Gasteiger partial charge in [-0.05, 0) is 12.8 Å². The molecule has 1 heterocycles. The van der Waals surface area contributed by atoms with Crippen molar-refractivity contribution < 1.29 is 18.3 Å². The Balaban J connectivity index is 3.08. The Morgan fingerprint density at radius 2 is 2.06 bits per heavy atom. The molecule has 1 atom stereocenters. The summed E-state index contributed by atoms with van der Waals surface area (Å²) in [4.78, 5) is 11.0. The van der Waals surface area contributed by atoms with Gasteiger partial charge >= 0.3 is 5.97 Å². The minimum Gasteiger partial charge on any atom is -0.480 e. The van der Waals surface area contributed by atoms with Gasteiger partial charge in [0.1, 0.15) is 10.9 Å². The lowest BCUT2D eigenvalue weighted by atomic mass is 10.1. The van der Waals surface area contributed by atoms with Gasteiger partial charge in [-0.2, -0.15) is 9.82 Å². The van der Waals surface area contributed by atoms with Gasteiger partial charge in [-0.25, -0.2) is 8.42 Å². The second-order valence-corrected chi connectivity index (χ2v) is 6.12. The number of sulfonamides is 1. The summed E-state index contributed by atoms with van der Waals surface area (Å²) >= 11 is 0. The van der Waals surface area contributed by atoms with Crippen molar-refractivity contribution in [3.8, 4) is 0 Å². The maximum absolute atomic E-state index is 12.1. The molecule has 0 aliphatic carbocycles. The molecular weight excluding hydrogens is 258 g/mol. The Labute approximate surface area is 106 Å². The van der Waals surface area contributed by atoms with Crippen LogP contribution in [0.15, 0.2) is 11.1 Å². The van der Waals surface area contributed by atoms with Gasteiger partial charge in [0.25, 0.3) is 0 Å². The number of nitrogens with one attached hydrogen (secondary N) is 1. The molecule has 1 rings (SSSR count). The van der Waals surface area contributed by atoms with Crippen LogP contribution in [0, 0.1) is 12.8 Å². The lowest BCUT2D eigenvalue weighted by Crippen LogP contribution is -2.44. The third kappa shape index (κ3) is 3.08. The molecule has 0 amide bonds. The number of hydrogen-bond acceptors (Lipinski definition) is 4. The monoisotopic (exact) mass is 275 g/mol. The van der Waals surface area contributed by atoms with E-state index in [-0.39, 0.29) is 10.8 Å². The molecule has 0 bridgehead atoms. The van der Waals surface area contributed by atoms with Gasteiger partial charge in [-0.1, -0.05) is 13.8 Å². The third-order valence-electron chi connectivity index (χ3n) is 2.47. The van der Waals surface area contributed by atoms with Gasteiger partial charge in [0.05, 0.1) is 5.69 Å². The number of carboxylic acid groups (broad SMARTS) is 1. The molecule has 18 heavy (non-hydrogen) atoms. The fourth-order valence-electron chi connectivity index (χ4n) is 1.54. The van der Waals surface area contributed by atoms with Crippen LogP contribution in [0.3, 0.4) is 0 Å². The van der Waals surface area contributed by atoms with Gasteiger partial charge in [0.2, 0.25) is 10.0 Å². The van der Waals surface area contributed by atoms with Crippen LogP contribution >= 0.6 is 0 Å². The van der Waals surface area contributed by atoms with Gasteiger partial charge < -0.3 is 5.11 Å². The lowest BCUT2D eigenvalue weighted by Gasteiger charge is -2.17. The Kier molecular flexibility index (Phi) is 4.12. The summed E-state index contributed by atoms with van der Waals surface area (Å²) in [5.41, 5.74) is 0.331. The largest absolute Gasteiger partial charge is 0.480 e. The number of carbonyl (C=O) groups is 1. The zero-order chi connectivity index (χ0) is 14.1. The molecule has 102 valence electrons. The molecule has 0 aliphatic rings. The first-order valence-corrected chi connectivity index (χ1v) is 6.89. The van der Waals surface area contributed by atoms with E-state index in [0.717, 1.165) is 0 Å². The predicted molar refractivity (Wildman–Crippen MR) is 64.5 cm³/mol. The molecule has 1 aromatic rings. The first kappa shape index (κ1) is 14.7. The molecule has 1 aromatic heterocycles. The Hall–Kier alpha value is -1.41. The second-order valence-electron chi connectivity index (χ2n) is 4.43. The van der Waals surface area contributed by atoms with Crippen LogP contribution in [0.25, 0.3) is 0 Å². The van der Waals surface area contributed by atoms with Gasteiger partial charge in [-0.3, -0.25) is 9.48 Å². The van der Waals surface area contributed by atoms with Crippen molar-refractivity contribution in [3.05, 3.63) is 11.9 Å². The highest BCUT2D eigenvalue weighted by Gasteiger charge is 2.29. The van der Waals surface area contributed by atoms with E-state index in [2.05, 4.69) is 9.82 Å². The van der Waals surface area contributed by atoms with Crippen LogP contribution in [0.2, 0.25) is 0 Å². The maximum Gasteiger partial charge on any atom is 0.322 e. The van der Waals surface area contributed by atoms with Crippen LogP contribution in [-0.2, 0) is 21.9 Å². The number of aromatic nitrogens is 2. The minimum atomic E-state index is -3.87. The average molecular weight is 275 g/mol. The van der Waals surface area contributed by atoms with Crippen molar-refractivity contribution in [1.82, 2.24) is 14.5 Å². The molecule has 0 spiro atoms. The standard InChI is InChI=1S/C10H17N3O4S/c1-6(2)9(10(14)15)12-18(16,17)8-5-13(4)11-7(8)3/h5-6,9,12H,1-4H3,(H,14,15)/t9-/m0/s1. The van der Waals surface area contributed by atoms with Crippen LogP contribution in [0.1, 0.15) is 19.5 Å². The van der Waals surface area contributed by atoms with Gasteiger partial charge in [0, 0.05) is 13.2 Å². The average Bonchev–Trinajstić information content (AvgIpc) is 2.54. The highest BCUT2D eigenvalue weighted by Crippen LogP contribution is 2.14. The van der Waals surface area contributed by atoms with Crippen molar-refractivity contribution in [1.29, 1.82) is 0 Å². The summed E-state index contributed by atoms with van der Waals surface area (Å²) in [6.45, 7) is 4.83. The molecule has 8 heteroatoms. The second kappa shape index (κ2) is 5.07. The summed E-state index contributed by atoms with van der Waals surface area (Å²) in [5.74, 6) is -1.55. The zero-order valence-corrected chi connectivity index (χ0v) is 11.5. The Morgan fingerprint density at radius 1 is 1.50 bits per heavy atom. The number of carboxylic acids is 1. The van der Waals surface area contributed by atoms with Crippen molar-refractivity contribution >= 4 is 16.0 Å². The molecule has 0 radical (unpaired) electrons. The minimum absolute atomic E-state index is 0.00287. The Bertz CT molecular complexity index is 547. The van der Waals surface area contributed by atoms with E-state index in [1.54, 1.807) is 27.8 Å². The molecule has 0 aliphatic heterocycles. The molecular formula is C10H17N3O4S. The summed E-state index contributed by atoms with van der Waals surface area (Å²) in [6, 6.07) is -1.16. The molecule has 0 fully saturated rings. The van der Waals surface area contributed by atoms with Crippen molar-refractivity contribution in [2.75, 3.05) is 0 Å². The van der Waals surface area contributed by atoms with Crippen LogP contribution in [0.4, 0.5) is 0 Å². The lowest BCUT2D eigenvalue weighted by molar-refractivity contribution is -0.140. The fourth-order valence-corrected chi connectivity index (χ4v) is 3.10. The van der Waals surface area contributed by atoms with E-state index in [9.17, 15) is 13.2 Å². The number of rotatable bonds is 5. The maximum atomic E-state index is 12.1. The van der Waals surface area contributed by atoms with E-state index in [4.69, 9.17) is 5.11 Å². The van der Waals surface area contributed by atoms with E-state index >= 15 is 0 Å². The number of aliphatic carboxylic acids is 1. The SMILES string of the molecule is Cc1nn(C)cc1S(=O)(=O)N[C@H](C(=O)O)C(C)C. The Morgan fingerprint density at radius 3 is 2.39 bits per heavy atom. The summed E-state index contributed by atoms with van der Waals surface area (Å²) < 4.78 is 27.7. The van der Waals surface area contributed by atoms with Crippen LogP contribution in [0.5, 0.6) is 0 Å². The molecule has 2 N–H and O–H groups in total. The van der Waals surface area contributed by atoms with Crippen LogP contribution in [-0.4, -0.2) is 35.3 Å². The van der Waals surface area contributed by atoms with Gasteiger partial charge in [-0.15, -0.1) is 0 Å². The molecule has 0 saturated carbocycles. The molecule has 7 nitrogen and oxygen atoms in total. The number of nitrogens with zero attached hydrogens (tertiary/aromatic N) is 2. The van der Waals surface area contributed by atoms with Crippen molar-refractivity contribution in [3.63, 3.8) is 0 Å². The third-order valence-corrected chi connectivity index (χ3v) is 4.02. The van der Waals surface area contributed by atoms with Crippen molar-refractivity contribution in [2.24, 2.45) is 13.0 Å². The van der Waals surface area contributed by atoms with Crippen molar-refractivity contribution in [2.45, 2.75) is 31.7 Å². The van der Waals surface area contributed by atoms with E-state index in [0.29, 0.717) is 5.69 Å². The normalized spacial score (nSPS) is 13.8.